The molecule has 0 saturated carbocycles. The summed E-state index contributed by atoms with van der Waals surface area (Å²) in [6.45, 7) is 5.23. The van der Waals surface area contributed by atoms with Crippen molar-refractivity contribution in [2.75, 3.05) is 5.32 Å². The van der Waals surface area contributed by atoms with Crippen LogP contribution in [0.3, 0.4) is 0 Å². The number of halogens is 1. The monoisotopic (exact) mass is 368 g/mol. The van der Waals surface area contributed by atoms with E-state index in [1.54, 1.807) is 26.0 Å². The molecular weight excluding hydrogens is 352 g/mol. The van der Waals surface area contributed by atoms with Crippen molar-refractivity contribution in [3.63, 3.8) is 0 Å². The number of anilines is 1. The van der Waals surface area contributed by atoms with Gasteiger partial charge in [-0.15, -0.1) is 0 Å². The summed E-state index contributed by atoms with van der Waals surface area (Å²) in [5.41, 5.74) is 0.176. The van der Waals surface area contributed by atoms with Gasteiger partial charge in [-0.2, -0.15) is 0 Å². The van der Waals surface area contributed by atoms with Gasteiger partial charge in [-0.1, -0.05) is 40.6 Å². The van der Waals surface area contributed by atoms with Gasteiger partial charge in [-0.3, -0.25) is 14.9 Å². The maximum absolute atomic E-state index is 12.4. The quantitative estimate of drug-likeness (QED) is 0.814. The molecular formula is C16H17ClN2O4S. The van der Waals surface area contributed by atoms with Crippen LogP contribution in [0, 0.1) is 6.92 Å². The molecule has 0 aliphatic heterocycles. The summed E-state index contributed by atoms with van der Waals surface area (Å²) in [5, 5.41) is 11.6. The van der Waals surface area contributed by atoms with Crippen LogP contribution >= 0.6 is 22.9 Å². The number of amides is 1. The van der Waals surface area contributed by atoms with E-state index in [0.29, 0.717) is 5.75 Å². The number of aromatic nitrogens is 1. The predicted octanol–water partition coefficient (Wildman–Crippen LogP) is 3.53. The van der Waals surface area contributed by atoms with E-state index in [-0.39, 0.29) is 21.6 Å². The summed E-state index contributed by atoms with van der Waals surface area (Å²) in [7, 11) is 0. The molecule has 24 heavy (non-hydrogen) atoms. The second-order valence-electron chi connectivity index (χ2n) is 5.69. The Balaban J connectivity index is 2.07. The van der Waals surface area contributed by atoms with Crippen LogP contribution in [-0.2, 0) is 16.0 Å². The topological polar surface area (TPSA) is 88.5 Å². The summed E-state index contributed by atoms with van der Waals surface area (Å²) in [5.74, 6) is -0.872. The van der Waals surface area contributed by atoms with Crippen molar-refractivity contribution in [2.24, 2.45) is 0 Å². The molecule has 0 aliphatic carbocycles. The molecule has 0 spiro atoms. The zero-order valence-corrected chi connectivity index (χ0v) is 15.0. The van der Waals surface area contributed by atoms with E-state index in [2.05, 4.69) is 10.3 Å². The highest BCUT2D eigenvalue weighted by Crippen LogP contribution is 2.29. The van der Waals surface area contributed by atoms with E-state index >= 15 is 0 Å². The van der Waals surface area contributed by atoms with E-state index in [0.717, 1.165) is 16.9 Å². The Bertz CT molecular complexity index is 756. The SMILES string of the molecule is Cc1ccc(OC(C)(C)C(=O)Nc2nc(CC(=O)O)c(Cl)s2)cc1. The molecule has 0 fully saturated rings. The molecule has 0 aliphatic rings. The number of carbonyl (C=O) groups is 2. The average molecular weight is 369 g/mol. The van der Waals surface area contributed by atoms with Gasteiger partial charge in [0.15, 0.2) is 10.7 Å². The van der Waals surface area contributed by atoms with Gasteiger partial charge in [0.05, 0.1) is 12.1 Å². The maximum Gasteiger partial charge on any atom is 0.309 e. The van der Waals surface area contributed by atoms with Crippen molar-refractivity contribution in [1.82, 2.24) is 4.98 Å². The smallest absolute Gasteiger partial charge is 0.309 e. The van der Waals surface area contributed by atoms with E-state index in [4.69, 9.17) is 21.4 Å². The molecule has 6 nitrogen and oxygen atoms in total. The molecule has 2 rings (SSSR count). The van der Waals surface area contributed by atoms with Gasteiger partial charge in [0.1, 0.15) is 10.1 Å². The molecule has 0 unspecified atom stereocenters. The largest absolute Gasteiger partial charge is 0.481 e. The lowest BCUT2D eigenvalue weighted by molar-refractivity contribution is -0.136. The number of nitrogens with zero attached hydrogens (tertiary/aromatic N) is 1. The standard InChI is InChI=1S/C16H17ClN2O4S/c1-9-4-6-10(7-5-9)23-16(2,3)14(22)19-15-18-11(8-12(20)21)13(17)24-15/h4-7H,8H2,1-3H3,(H,20,21)(H,18,19,22). The van der Waals surface area contributed by atoms with Crippen molar-refractivity contribution in [2.45, 2.75) is 32.8 Å². The van der Waals surface area contributed by atoms with Gasteiger partial charge in [-0.05, 0) is 32.9 Å². The number of aryl methyl sites for hydroxylation is 1. The van der Waals surface area contributed by atoms with Crippen LogP contribution in [0.4, 0.5) is 5.13 Å². The third-order valence-corrected chi connectivity index (χ3v) is 4.38. The Morgan fingerprint density at radius 3 is 2.54 bits per heavy atom. The fourth-order valence-electron chi connectivity index (χ4n) is 1.83. The summed E-state index contributed by atoms with van der Waals surface area (Å²) in [6, 6.07) is 7.36. The van der Waals surface area contributed by atoms with E-state index in [1.165, 1.54) is 0 Å². The van der Waals surface area contributed by atoms with Crippen LogP contribution in [-0.4, -0.2) is 27.6 Å². The third kappa shape index (κ3) is 4.69. The molecule has 1 heterocycles. The molecule has 2 aromatic rings. The summed E-state index contributed by atoms with van der Waals surface area (Å²) >= 11 is 6.95. The highest BCUT2D eigenvalue weighted by Gasteiger charge is 2.31. The lowest BCUT2D eigenvalue weighted by Gasteiger charge is -2.24. The van der Waals surface area contributed by atoms with Crippen molar-refractivity contribution in [1.29, 1.82) is 0 Å². The number of hydrogen-bond donors (Lipinski definition) is 2. The minimum Gasteiger partial charge on any atom is -0.481 e. The summed E-state index contributed by atoms with van der Waals surface area (Å²) in [6.07, 6.45) is -0.297. The minimum absolute atomic E-state index is 0.224. The van der Waals surface area contributed by atoms with Crippen LogP contribution < -0.4 is 10.1 Å². The molecule has 1 aromatic heterocycles. The zero-order chi connectivity index (χ0) is 17.9. The van der Waals surface area contributed by atoms with Crippen LogP contribution in [0.15, 0.2) is 24.3 Å². The fourth-order valence-corrected chi connectivity index (χ4v) is 2.87. The van der Waals surface area contributed by atoms with Gasteiger partial charge in [0, 0.05) is 0 Å². The Morgan fingerprint density at radius 1 is 1.33 bits per heavy atom. The fraction of sp³-hybridized carbons (Fsp3) is 0.312. The molecule has 0 saturated heterocycles. The lowest BCUT2D eigenvalue weighted by atomic mass is 10.1. The first-order valence-electron chi connectivity index (χ1n) is 7.11. The van der Waals surface area contributed by atoms with Crippen molar-refractivity contribution >= 4 is 39.9 Å². The molecule has 0 radical (unpaired) electrons. The Kier molecular flexibility index (Phi) is 5.46. The average Bonchev–Trinajstić information content (AvgIpc) is 2.80. The molecule has 2 N–H and O–H groups in total. The van der Waals surface area contributed by atoms with Gasteiger partial charge >= 0.3 is 5.97 Å². The number of aliphatic carboxylic acids is 1. The van der Waals surface area contributed by atoms with Crippen LogP contribution in [0.5, 0.6) is 5.75 Å². The molecule has 128 valence electrons. The summed E-state index contributed by atoms with van der Waals surface area (Å²) < 4.78 is 5.97. The first-order chi connectivity index (χ1) is 11.2. The zero-order valence-electron chi connectivity index (χ0n) is 13.4. The number of carboxylic acids is 1. The highest BCUT2D eigenvalue weighted by atomic mass is 35.5. The van der Waals surface area contributed by atoms with Crippen molar-refractivity contribution in [3.05, 3.63) is 39.9 Å². The van der Waals surface area contributed by atoms with Crippen LogP contribution in [0.25, 0.3) is 0 Å². The minimum atomic E-state index is -1.14. The van der Waals surface area contributed by atoms with Crippen molar-refractivity contribution < 1.29 is 19.4 Å². The van der Waals surface area contributed by atoms with E-state index in [9.17, 15) is 9.59 Å². The third-order valence-electron chi connectivity index (χ3n) is 3.13. The molecule has 1 aromatic carbocycles. The highest BCUT2D eigenvalue weighted by molar-refractivity contribution is 7.19. The molecule has 8 heteroatoms. The number of ether oxygens (including phenoxy) is 1. The van der Waals surface area contributed by atoms with E-state index in [1.807, 2.05) is 19.1 Å². The second-order valence-corrected chi connectivity index (χ2v) is 7.29. The summed E-state index contributed by atoms with van der Waals surface area (Å²) in [4.78, 5) is 27.2. The first-order valence-corrected chi connectivity index (χ1v) is 8.31. The molecule has 1 amide bonds. The number of carboxylic acid groups (broad SMARTS) is 1. The van der Waals surface area contributed by atoms with Gasteiger partial charge in [-0.25, -0.2) is 4.98 Å². The van der Waals surface area contributed by atoms with E-state index < -0.39 is 17.5 Å². The lowest BCUT2D eigenvalue weighted by Crippen LogP contribution is -2.42. The maximum atomic E-state index is 12.4. The number of benzene rings is 1. The molecule has 0 atom stereocenters. The van der Waals surface area contributed by atoms with Gasteiger partial charge in [0.2, 0.25) is 0 Å². The number of hydrogen-bond acceptors (Lipinski definition) is 5. The Morgan fingerprint density at radius 2 is 1.96 bits per heavy atom. The number of thiazole rings is 1. The van der Waals surface area contributed by atoms with Gasteiger partial charge < -0.3 is 9.84 Å². The van der Waals surface area contributed by atoms with Crippen LogP contribution in [0.1, 0.15) is 25.1 Å². The Labute approximate surface area is 148 Å². The normalized spacial score (nSPS) is 11.2. The Hall–Kier alpha value is -2.12. The second kappa shape index (κ2) is 7.19. The van der Waals surface area contributed by atoms with Crippen LogP contribution in [0.2, 0.25) is 4.34 Å². The number of carbonyl (C=O) groups excluding carboxylic acids is 1. The molecule has 0 bridgehead atoms. The number of rotatable bonds is 6. The predicted molar refractivity (Wildman–Crippen MR) is 93.0 cm³/mol. The number of nitrogens with one attached hydrogen (secondary N) is 1. The van der Waals surface area contributed by atoms with Crippen molar-refractivity contribution in [3.8, 4) is 5.75 Å². The first kappa shape index (κ1) is 18.2. The van der Waals surface area contributed by atoms with Gasteiger partial charge in [0.25, 0.3) is 5.91 Å².